The first-order chi connectivity index (χ1) is 13.5. The number of anilines is 1. The standard InChI is InChI=1S/C21H20N4O2S/c1-13-10-14(2)19-17(11-13)28-21(24-19)23-18(26)8-5-9-25-12-22-16-7-4-3-6-15(16)20(25)27/h3-4,6-7,10-12H,5,8-9H2,1-2H3,(H,23,24,26). The highest BCUT2D eigenvalue weighted by atomic mass is 32.1. The maximum Gasteiger partial charge on any atom is 0.261 e. The van der Waals surface area contributed by atoms with E-state index in [1.165, 1.54) is 16.9 Å². The molecule has 0 atom stereocenters. The summed E-state index contributed by atoms with van der Waals surface area (Å²) in [5.74, 6) is -0.102. The first kappa shape index (κ1) is 18.3. The number of amides is 1. The molecule has 0 bridgehead atoms. The summed E-state index contributed by atoms with van der Waals surface area (Å²) in [5.41, 5.74) is 3.82. The van der Waals surface area contributed by atoms with Crippen molar-refractivity contribution in [3.63, 3.8) is 0 Å². The molecule has 2 heterocycles. The lowest BCUT2D eigenvalue weighted by Gasteiger charge is -2.06. The molecule has 28 heavy (non-hydrogen) atoms. The van der Waals surface area contributed by atoms with Gasteiger partial charge in [-0.2, -0.15) is 0 Å². The summed E-state index contributed by atoms with van der Waals surface area (Å²) in [6.45, 7) is 4.52. The van der Waals surface area contributed by atoms with Gasteiger partial charge in [-0.05, 0) is 49.6 Å². The normalized spacial score (nSPS) is 11.2. The predicted octanol–water partition coefficient (Wildman–Crippen LogP) is 4.04. The molecular weight excluding hydrogens is 372 g/mol. The van der Waals surface area contributed by atoms with E-state index in [0.717, 1.165) is 15.8 Å². The number of aromatic nitrogens is 3. The molecule has 6 nitrogen and oxygen atoms in total. The van der Waals surface area contributed by atoms with E-state index in [2.05, 4.69) is 27.4 Å². The molecule has 1 N–H and O–H groups in total. The van der Waals surface area contributed by atoms with E-state index in [1.807, 2.05) is 32.0 Å². The highest BCUT2D eigenvalue weighted by molar-refractivity contribution is 7.22. The number of aryl methyl sites for hydroxylation is 3. The van der Waals surface area contributed by atoms with Crippen molar-refractivity contribution in [2.24, 2.45) is 0 Å². The summed E-state index contributed by atoms with van der Waals surface area (Å²) >= 11 is 1.48. The Hall–Kier alpha value is -3.06. The highest BCUT2D eigenvalue weighted by Gasteiger charge is 2.10. The Bertz CT molecular complexity index is 1240. The summed E-state index contributed by atoms with van der Waals surface area (Å²) in [7, 11) is 0. The molecule has 0 aliphatic carbocycles. The zero-order chi connectivity index (χ0) is 19.7. The van der Waals surface area contributed by atoms with Crippen molar-refractivity contribution in [3.8, 4) is 0 Å². The molecular formula is C21H20N4O2S. The van der Waals surface area contributed by atoms with E-state index in [1.54, 1.807) is 17.0 Å². The second-order valence-corrected chi connectivity index (χ2v) is 7.89. The van der Waals surface area contributed by atoms with Gasteiger partial charge < -0.3 is 5.32 Å². The second-order valence-electron chi connectivity index (χ2n) is 6.86. The molecule has 2 aromatic carbocycles. The molecule has 142 valence electrons. The van der Waals surface area contributed by atoms with Crippen molar-refractivity contribution in [2.75, 3.05) is 5.32 Å². The highest BCUT2D eigenvalue weighted by Crippen LogP contribution is 2.29. The average molecular weight is 392 g/mol. The van der Waals surface area contributed by atoms with Crippen molar-refractivity contribution in [1.82, 2.24) is 14.5 Å². The SMILES string of the molecule is Cc1cc(C)c2nc(NC(=O)CCCn3cnc4ccccc4c3=O)sc2c1. The van der Waals surface area contributed by atoms with Crippen molar-refractivity contribution < 1.29 is 4.79 Å². The number of thiazole rings is 1. The summed E-state index contributed by atoms with van der Waals surface area (Å²) in [4.78, 5) is 33.6. The van der Waals surface area contributed by atoms with E-state index in [9.17, 15) is 9.59 Å². The molecule has 0 spiro atoms. The number of rotatable bonds is 5. The van der Waals surface area contributed by atoms with Gasteiger partial charge in [0.1, 0.15) is 0 Å². The fourth-order valence-corrected chi connectivity index (χ4v) is 4.34. The van der Waals surface area contributed by atoms with Crippen LogP contribution in [0.25, 0.3) is 21.1 Å². The molecule has 0 fully saturated rings. The Labute approximate surface area is 165 Å². The lowest BCUT2D eigenvalue weighted by Crippen LogP contribution is -2.21. The third-order valence-corrected chi connectivity index (χ3v) is 5.53. The fraction of sp³-hybridized carbons (Fsp3) is 0.238. The molecule has 2 aromatic heterocycles. The molecule has 4 rings (SSSR count). The zero-order valence-electron chi connectivity index (χ0n) is 15.7. The monoisotopic (exact) mass is 392 g/mol. The summed E-state index contributed by atoms with van der Waals surface area (Å²) in [6.07, 6.45) is 2.41. The first-order valence-electron chi connectivity index (χ1n) is 9.13. The number of hydrogen-bond donors (Lipinski definition) is 1. The summed E-state index contributed by atoms with van der Waals surface area (Å²) in [5, 5.41) is 4.08. The third kappa shape index (κ3) is 3.66. The van der Waals surface area contributed by atoms with Gasteiger partial charge in [0.2, 0.25) is 5.91 Å². The number of carbonyl (C=O) groups excluding carboxylic acids is 1. The quantitative estimate of drug-likeness (QED) is 0.556. The molecule has 0 radical (unpaired) electrons. The lowest BCUT2D eigenvalue weighted by molar-refractivity contribution is -0.116. The Balaban J connectivity index is 1.39. The van der Waals surface area contributed by atoms with Gasteiger partial charge in [0.25, 0.3) is 5.56 Å². The van der Waals surface area contributed by atoms with Gasteiger partial charge in [0, 0.05) is 13.0 Å². The smallest absolute Gasteiger partial charge is 0.261 e. The molecule has 7 heteroatoms. The number of fused-ring (bicyclic) bond motifs is 2. The van der Waals surface area contributed by atoms with Gasteiger partial charge in [-0.25, -0.2) is 9.97 Å². The van der Waals surface area contributed by atoms with Gasteiger partial charge in [0.15, 0.2) is 5.13 Å². The van der Waals surface area contributed by atoms with E-state index in [-0.39, 0.29) is 11.5 Å². The number of nitrogens with zero attached hydrogens (tertiary/aromatic N) is 3. The van der Waals surface area contributed by atoms with Crippen LogP contribution in [0.5, 0.6) is 0 Å². The predicted molar refractivity (Wildman–Crippen MR) is 113 cm³/mol. The van der Waals surface area contributed by atoms with Gasteiger partial charge in [-0.1, -0.05) is 29.5 Å². The Morgan fingerprint density at radius 1 is 1.21 bits per heavy atom. The van der Waals surface area contributed by atoms with Gasteiger partial charge >= 0.3 is 0 Å². The first-order valence-corrected chi connectivity index (χ1v) is 9.95. The molecule has 0 unspecified atom stereocenters. The van der Waals surface area contributed by atoms with Crippen LogP contribution in [0.2, 0.25) is 0 Å². The molecule has 0 saturated carbocycles. The minimum atomic E-state index is -0.102. The Morgan fingerprint density at radius 2 is 2.04 bits per heavy atom. The third-order valence-electron chi connectivity index (χ3n) is 4.61. The molecule has 0 aliphatic rings. The van der Waals surface area contributed by atoms with Crippen molar-refractivity contribution >= 4 is 43.5 Å². The van der Waals surface area contributed by atoms with Crippen LogP contribution in [0.4, 0.5) is 5.13 Å². The zero-order valence-corrected chi connectivity index (χ0v) is 16.5. The van der Waals surface area contributed by atoms with Crippen LogP contribution in [0.15, 0.2) is 47.5 Å². The number of carbonyl (C=O) groups is 1. The summed E-state index contributed by atoms with van der Waals surface area (Å²) in [6, 6.07) is 11.4. The molecule has 0 aliphatic heterocycles. The van der Waals surface area contributed by atoms with Gasteiger partial charge in [0.05, 0.1) is 27.4 Å². The lowest BCUT2D eigenvalue weighted by atomic mass is 10.1. The topological polar surface area (TPSA) is 76.9 Å². The minimum absolute atomic E-state index is 0.0805. The van der Waals surface area contributed by atoms with Crippen molar-refractivity contribution in [3.05, 3.63) is 64.2 Å². The Morgan fingerprint density at radius 3 is 2.89 bits per heavy atom. The number of para-hydroxylation sites is 1. The average Bonchev–Trinajstić information content (AvgIpc) is 3.06. The second kappa shape index (κ2) is 7.52. The number of benzene rings is 2. The van der Waals surface area contributed by atoms with Crippen LogP contribution >= 0.6 is 11.3 Å². The van der Waals surface area contributed by atoms with E-state index in [0.29, 0.717) is 35.4 Å². The van der Waals surface area contributed by atoms with Crippen LogP contribution in [0, 0.1) is 13.8 Å². The van der Waals surface area contributed by atoms with E-state index in [4.69, 9.17) is 0 Å². The van der Waals surface area contributed by atoms with Crippen LogP contribution in [-0.4, -0.2) is 20.4 Å². The van der Waals surface area contributed by atoms with Crippen LogP contribution in [-0.2, 0) is 11.3 Å². The van der Waals surface area contributed by atoms with Gasteiger partial charge in [-0.15, -0.1) is 0 Å². The van der Waals surface area contributed by atoms with Crippen LogP contribution in [0.3, 0.4) is 0 Å². The largest absolute Gasteiger partial charge is 0.302 e. The van der Waals surface area contributed by atoms with Crippen LogP contribution < -0.4 is 10.9 Å². The van der Waals surface area contributed by atoms with Crippen molar-refractivity contribution in [2.45, 2.75) is 33.2 Å². The molecule has 1 amide bonds. The molecule has 0 saturated heterocycles. The van der Waals surface area contributed by atoms with Crippen LogP contribution in [0.1, 0.15) is 24.0 Å². The fourth-order valence-electron chi connectivity index (χ4n) is 3.28. The summed E-state index contributed by atoms with van der Waals surface area (Å²) < 4.78 is 2.63. The van der Waals surface area contributed by atoms with E-state index >= 15 is 0 Å². The van der Waals surface area contributed by atoms with Crippen molar-refractivity contribution in [1.29, 1.82) is 0 Å². The Kier molecular flexibility index (Phi) is 4.92. The van der Waals surface area contributed by atoms with E-state index < -0.39 is 0 Å². The maximum atomic E-state index is 12.5. The molecule has 4 aromatic rings. The maximum absolute atomic E-state index is 12.5. The number of hydrogen-bond acceptors (Lipinski definition) is 5. The van der Waals surface area contributed by atoms with Gasteiger partial charge in [-0.3, -0.25) is 14.2 Å². The number of nitrogens with one attached hydrogen (secondary N) is 1. The minimum Gasteiger partial charge on any atom is -0.302 e.